The molecule has 2 unspecified atom stereocenters. The summed E-state index contributed by atoms with van der Waals surface area (Å²) in [7, 11) is -2.77. The van der Waals surface area contributed by atoms with Gasteiger partial charge in [-0.15, -0.1) is 0 Å². The van der Waals surface area contributed by atoms with Crippen LogP contribution in [0.2, 0.25) is 0 Å². The van der Waals surface area contributed by atoms with Gasteiger partial charge in [0, 0.05) is 29.4 Å². The molecule has 1 saturated heterocycles. The molecule has 270 valence electrons. The number of fused-ring (bicyclic) bond motifs is 1. The van der Waals surface area contributed by atoms with E-state index in [4.69, 9.17) is 10.5 Å². The summed E-state index contributed by atoms with van der Waals surface area (Å²) in [5, 5.41) is 4.31. The zero-order valence-corrected chi connectivity index (χ0v) is 28.5. The van der Waals surface area contributed by atoms with E-state index in [9.17, 15) is 36.0 Å². The molecule has 4 aromatic rings. The number of carbonyl (C=O) groups excluding carboxylic acids is 3. The summed E-state index contributed by atoms with van der Waals surface area (Å²) in [6, 6.07) is 11.9. The quantitative estimate of drug-likeness (QED) is 0.118. The van der Waals surface area contributed by atoms with E-state index < -0.39 is 57.7 Å². The second-order valence-electron chi connectivity index (χ2n) is 11.8. The molecular formula is C35H34F4N4O7S. The minimum atomic E-state index is -5.50. The van der Waals surface area contributed by atoms with Crippen LogP contribution in [0.3, 0.4) is 0 Å². The van der Waals surface area contributed by atoms with E-state index in [2.05, 4.69) is 15.0 Å². The van der Waals surface area contributed by atoms with Crippen LogP contribution in [0.5, 0.6) is 5.75 Å². The number of carbonyl (C=O) groups is 3. The van der Waals surface area contributed by atoms with Crippen LogP contribution in [0.15, 0.2) is 71.8 Å². The van der Waals surface area contributed by atoms with E-state index in [-0.39, 0.29) is 46.3 Å². The molecule has 3 N–H and O–H groups in total. The number of nitrogens with one attached hydrogen (secondary N) is 1. The number of esters is 2. The lowest BCUT2D eigenvalue weighted by Crippen LogP contribution is -2.41. The van der Waals surface area contributed by atoms with Gasteiger partial charge in [0.05, 0.1) is 29.7 Å². The summed E-state index contributed by atoms with van der Waals surface area (Å²) in [4.78, 5) is 44.7. The SMILES string of the molecule is CCc1cc(OC)c(F)c([C@H](Nc2ccc3c(N)nccc3c2)C(=O)N2CCC(C(=O)OC(=O)C(F)(F)F)C2c2ccccc2S(=O)(=O)CC)c1. The number of benzene rings is 3. The molecule has 16 heteroatoms. The van der Waals surface area contributed by atoms with Crippen LogP contribution >= 0.6 is 0 Å². The van der Waals surface area contributed by atoms with Gasteiger partial charge in [-0.3, -0.25) is 9.59 Å². The van der Waals surface area contributed by atoms with Gasteiger partial charge in [-0.25, -0.2) is 22.6 Å². The number of pyridine rings is 1. The number of rotatable bonds is 10. The Morgan fingerprint density at radius 2 is 1.80 bits per heavy atom. The van der Waals surface area contributed by atoms with Crippen LogP contribution in [0.1, 0.15) is 49.0 Å². The molecular weight excluding hydrogens is 696 g/mol. The average Bonchev–Trinajstić information content (AvgIpc) is 3.55. The molecule has 0 bridgehead atoms. The first kappa shape index (κ1) is 37.0. The van der Waals surface area contributed by atoms with Gasteiger partial charge in [0.15, 0.2) is 21.4 Å². The smallest absolute Gasteiger partial charge is 0.491 e. The number of aromatic nitrogens is 1. The van der Waals surface area contributed by atoms with Crippen molar-refractivity contribution >= 4 is 50.0 Å². The Morgan fingerprint density at radius 1 is 1.08 bits per heavy atom. The zero-order valence-electron chi connectivity index (χ0n) is 27.7. The van der Waals surface area contributed by atoms with Crippen LogP contribution < -0.4 is 15.8 Å². The number of methoxy groups -OCH3 is 1. The molecule has 1 aliphatic rings. The number of alkyl halides is 3. The Kier molecular flexibility index (Phi) is 10.6. The molecule has 3 atom stereocenters. The first-order valence-corrected chi connectivity index (χ1v) is 17.5. The summed E-state index contributed by atoms with van der Waals surface area (Å²) in [6.45, 7) is 2.89. The highest BCUT2D eigenvalue weighted by Crippen LogP contribution is 2.44. The van der Waals surface area contributed by atoms with Gasteiger partial charge in [-0.2, -0.15) is 13.2 Å². The van der Waals surface area contributed by atoms with Gasteiger partial charge in [-0.1, -0.05) is 38.1 Å². The van der Waals surface area contributed by atoms with Crippen molar-refractivity contribution in [3.05, 3.63) is 89.4 Å². The van der Waals surface area contributed by atoms with Crippen molar-refractivity contribution in [3.63, 3.8) is 0 Å². The van der Waals surface area contributed by atoms with Gasteiger partial charge >= 0.3 is 18.1 Å². The standard InChI is InChI=1S/C35H34F4N4O7S/c1-4-19-16-25(28(36)26(17-19)49-3)29(42-21-10-11-22-20(18-21)12-14-41-31(22)40)32(44)43-15-13-24(33(45)50-34(46)35(37,38)39)30(43)23-8-6-7-9-27(23)51(47,48)5-2/h6-12,14,16-18,24,29-30,42H,4-5,13,15H2,1-3H3,(H2,40,41)/t24?,29-,30?/m0/s1. The van der Waals surface area contributed by atoms with E-state index in [1.54, 1.807) is 24.3 Å². The van der Waals surface area contributed by atoms with Crippen LogP contribution in [-0.4, -0.2) is 61.7 Å². The van der Waals surface area contributed by atoms with Crippen LogP contribution in [0.4, 0.5) is 29.1 Å². The third-order valence-corrected chi connectivity index (χ3v) is 10.6. The average molecular weight is 731 g/mol. The lowest BCUT2D eigenvalue weighted by molar-refractivity contribution is -0.203. The molecule has 1 amide bonds. The highest BCUT2D eigenvalue weighted by Gasteiger charge is 2.49. The van der Waals surface area contributed by atoms with E-state index in [0.29, 0.717) is 28.4 Å². The fourth-order valence-corrected chi connectivity index (χ4v) is 7.34. The first-order chi connectivity index (χ1) is 24.1. The van der Waals surface area contributed by atoms with Crippen molar-refractivity contribution < 1.29 is 49.8 Å². The van der Waals surface area contributed by atoms with Gasteiger partial charge in [0.2, 0.25) is 5.91 Å². The van der Waals surface area contributed by atoms with Crippen molar-refractivity contribution in [2.24, 2.45) is 5.92 Å². The number of hydrogen-bond donors (Lipinski definition) is 2. The zero-order chi connectivity index (χ0) is 37.2. The molecule has 0 radical (unpaired) electrons. The van der Waals surface area contributed by atoms with Crippen molar-refractivity contribution in [1.29, 1.82) is 0 Å². The second-order valence-corrected chi connectivity index (χ2v) is 14.0. The lowest BCUT2D eigenvalue weighted by atomic mass is 9.92. The third-order valence-electron chi connectivity index (χ3n) is 8.78. The number of likely N-dealkylation sites (tertiary alicyclic amines) is 1. The number of sulfone groups is 1. The Labute approximate surface area is 290 Å². The summed E-state index contributed by atoms with van der Waals surface area (Å²) in [5.74, 6) is -8.00. The maximum atomic E-state index is 16.2. The highest BCUT2D eigenvalue weighted by atomic mass is 32.2. The molecule has 1 fully saturated rings. The van der Waals surface area contributed by atoms with Gasteiger partial charge < -0.3 is 25.4 Å². The normalized spacial score (nSPS) is 16.9. The van der Waals surface area contributed by atoms with Crippen LogP contribution in [0.25, 0.3) is 10.8 Å². The predicted molar refractivity (Wildman–Crippen MR) is 179 cm³/mol. The third kappa shape index (κ3) is 7.45. The van der Waals surface area contributed by atoms with Gasteiger partial charge in [0.25, 0.3) is 0 Å². The molecule has 1 aliphatic heterocycles. The maximum Gasteiger partial charge on any atom is 0.491 e. The van der Waals surface area contributed by atoms with Crippen molar-refractivity contribution in [2.75, 3.05) is 30.5 Å². The molecule has 2 heterocycles. The van der Waals surface area contributed by atoms with Crippen LogP contribution in [0, 0.1) is 11.7 Å². The Morgan fingerprint density at radius 3 is 2.47 bits per heavy atom. The van der Waals surface area contributed by atoms with E-state index >= 15 is 4.39 Å². The molecule has 0 saturated carbocycles. The van der Waals surface area contributed by atoms with E-state index in [1.807, 2.05) is 6.92 Å². The number of anilines is 2. The highest BCUT2D eigenvalue weighted by molar-refractivity contribution is 7.91. The molecule has 5 rings (SSSR count). The fraction of sp³-hybridized carbons (Fsp3) is 0.314. The van der Waals surface area contributed by atoms with Crippen molar-refractivity contribution in [3.8, 4) is 5.75 Å². The Hall–Kier alpha value is -5.25. The molecule has 0 spiro atoms. The summed E-state index contributed by atoms with van der Waals surface area (Å²) >= 11 is 0. The van der Waals surface area contributed by atoms with E-state index in [1.165, 1.54) is 56.6 Å². The molecule has 0 aliphatic carbocycles. The van der Waals surface area contributed by atoms with Crippen molar-refractivity contribution in [1.82, 2.24) is 9.88 Å². The topological polar surface area (TPSA) is 158 Å². The number of ether oxygens (including phenoxy) is 2. The minimum absolute atomic E-state index is 0.0839. The van der Waals surface area contributed by atoms with Gasteiger partial charge in [0.1, 0.15) is 11.9 Å². The van der Waals surface area contributed by atoms with E-state index in [0.717, 1.165) is 4.90 Å². The number of nitrogens with zero attached hydrogens (tertiary/aromatic N) is 2. The number of aryl methyl sites for hydroxylation is 1. The van der Waals surface area contributed by atoms with Crippen molar-refractivity contribution in [2.45, 2.75) is 49.8 Å². The molecule has 1 aromatic heterocycles. The molecule has 51 heavy (non-hydrogen) atoms. The second kappa shape index (κ2) is 14.5. The molecule has 11 nitrogen and oxygen atoms in total. The number of nitrogen functional groups attached to an aromatic ring is 1. The largest absolute Gasteiger partial charge is 0.494 e. The minimum Gasteiger partial charge on any atom is -0.494 e. The molecule has 3 aromatic carbocycles. The summed E-state index contributed by atoms with van der Waals surface area (Å²) < 4.78 is 91.5. The predicted octanol–water partition coefficient (Wildman–Crippen LogP) is 5.70. The Balaban J connectivity index is 1.68. The fourth-order valence-electron chi connectivity index (χ4n) is 6.20. The number of hydrogen-bond acceptors (Lipinski definition) is 10. The summed E-state index contributed by atoms with van der Waals surface area (Å²) in [6.07, 6.45) is -3.91. The summed E-state index contributed by atoms with van der Waals surface area (Å²) in [5.41, 5.74) is 6.71. The number of nitrogens with two attached hydrogens (primary N) is 1. The first-order valence-electron chi connectivity index (χ1n) is 15.8. The number of halogens is 4. The maximum absolute atomic E-state index is 16.2. The monoisotopic (exact) mass is 730 g/mol. The van der Waals surface area contributed by atoms with Gasteiger partial charge in [-0.05, 0) is 65.8 Å². The lowest BCUT2D eigenvalue weighted by Gasteiger charge is -2.33. The Bertz CT molecular complexity index is 2110. The van der Waals surface area contributed by atoms with Crippen LogP contribution in [-0.2, 0) is 35.4 Å². The number of amides is 1.